The summed E-state index contributed by atoms with van der Waals surface area (Å²) < 4.78 is 5.67. The molecule has 0 spiro atoms. The highest BCUT2D eigenvalue weighted by Crippen LogP contribution is 2.27. The van der Waals surface area contributed by atoms with Crippen molar-refractivity contribution in [1.29, 1.82) is 0 Å². The van der Waals surface area contributed by atoms with E-state index in [4.69, 9.17) is 39.5 Å². The number of thiophene rings is 1. The Hall–Kier alpha value is -1.72. The summed E-state index contributed by atoms with van der Waals surface area (Å²) in [6.07, 6.45) is 0. The van der Waals surface area contributed by atoms with E-state index in [-0.39, 0.29) is 5.91 Å². The Kier molecular flexibility index (Phi) is 5.86. The number of hydrogen-bond acceptors (Lipinski definition) is 3. The van der Waals surface area contributed by atoms with Crippen LogP contribution in [0, 0.1) is 0 Å². The lowest BCUT2D eigenvalue weighted by Gasteiger charge is -2.06. The van der Waals surface area contributed by atoms with Crippen molar-refractivity contribution in [3.05, 3.63) is 79.4 Å². The zero-order chi connectivity index (χ0) is 17.8. The van der Waals surface area contributed by atoms with E-state index < -0.39 is 0 Å². The van der Waals surface area contributed by atoms with Crippen molar-refractivity contribution >= 4 is 57.7 Å². The Morgan fingerprint density at radius 1 is 1.00 bits per heavy atom. The first-order valence-corrected chi connectivity index (χ1v) is 9.25. The van der Waals surface area contributed by atoms with E-state index in [0.29, 0.717) is 38.0 Å². The zero-order valence-corrected chi connectivity index (χ0v) is 15.8. The number of carbonyl (C=O) groups is 1. The van der Waals surface area contributed by atoms with E-state index in [1.807, 2.05) is 17.5 Å². The number of anilines is 1. The van der Waals surface area contributed by atoms with Gasteiger partial charge in [-0.05, 0) is 41.8 Å². The zero-order valence-electron chi connectivity index (χ0n) is 12.8. The van der Waals surface area contributed by atoms with Gasteiger partial charge in [-0.1, -0.05) is 46.9 Å². The normalized spacial score (nSPS) is 10.5. The molecule has 1 heterocycles. The van der Waals surface area contributed by atoms with Crippen LogP contribution < -0.4 is 10.1 Å². The fourth-order valence-electron chi connectivity index (χ4n) is 2.06. The number of hydrogen-bond donors (Lipinski definition) is 1. The van der Waals surface area contributed by atoms with Crippen LogP contribution in [0.2, 0.25) is 15.1 Å². The van der Waals surface area contributed by atoms with Gasteiger partial charge in [0.05, 0.1) is 19.9 Å². The minimum Gasteiger partial charge on any atom is -0.487 e. The molecule has 0 unspecified atom stereocenters. The van der Waals surface area contributed by atoms with Crippen molar-refractivity contribution in [3.8, 4) is 5.75 Å². The third kappa shape index (κ3) is 4.67. The molecule has 0 aliphatic rings. The number of benzene rings is 2. The predicted molar refractivity (Wildman–Crippen MR) is 105 cm³/mol. The molecule has 1 amide bonds. The summed E-state index contributed by atoms with van der Waals surface area (Å²) in [5, 5.41) is 6.04. The highest BCUT2D eigenvalue weighted by molar-refractivity contribution is 7.12. The molecular formula is C18H12Cl3NO2S. The number of ether oxygens (including phenoxy) is 1. The van der Waals surface area contributed by atoms with Gasteiger partial charge in [-0.2, -0.15) is 0 Å². The van der Waals surface area contributed by atoms with Gasteiger partial charge in [0, 0.05) is 11.3 Å². The lowest BCUT2D eigenvalue weighted by Crippen LogP contribution is -2.10. The molecule has 0 atom stereocenters. The highest BCUT2D eigenvalue weighted by atomic mass is 35.5. The number of carbonyl (C=O) groups excluding carboxylic acids is 1. The van der Waals surface area contributed by atoms with Crippen molar-refractivity contribution in [2.45, 2.75) is 6.61 Å². The SMILES string of the molecule is O=C(Nc1ccc(Cl)c(Cl)c1)c1cc(COc2ccccc2Cl)cs1. The lowest BCUT2D eigenvalue weighted by molar-refractivity contribution is 0.103. The van der Waals surface area contributed by atoms with Crippen molar-refractivity contribution in [2.24, 2.45) is 0 Å². The van der Waals surface area contributed by atoms with Gasteiger partial charge in [-0.3, -0.25) is 4.79 Å². The minimum atomic E-state index is -0.215. The van der Waals surface area contributed by atoms with E-state index in [2.05, 4.69) is 5.32 Å². The van der Waals surface area contributed by atoms with Gasteiger partial charge in [0.25, 0.3) is 5.91 Å². The van der Waals surface area contributed by atoms with Gasteiger partial charge in [-0.15, -0.1) is 11.3 Å². The number of amides is 1. The van der Waals surface area contributed by atoms with Crippen LogP contribution in [-0.4, -0.2) is 5.91 Å². The average molecular weight is 413 g/mol. The second-order valence-electron chi connectivity index (χ2n) is 5.12. The maximum absolute atomic E-state index is 12.3. The molecule has 0 fully saturated rings. The summed E-state index contributed by atoms with van der Waals surface area (Å²) in [6, 6.07) is 14.0. The van der Waals surface area contributed by atoms with Crippen LogP contribution in [0.4, 0.5) is 5.69 Å². The Balaban J connectivity index is 1.63. The molecule has 0 saturated carbocycles. The van der Waals surface area contributed by atoms with Gasteiger partial charge >= 0.3 is 0 Å². The van der Waals surface area contributed by atoms with Gasteiger partial charge in [-0.25, -0.2) is 0 Å². The standard InChI is InChI=1S/C18H12Cl3NO2S/c19-13-6-5-12(8-15(13)21)22-18(23)17-7-11(10-25-17)9-24-16-4-2-1-3-14(16)20/h1-8,10H,9H2,(H,22,23). The molecule has 25 heavy (non-hydrogen) atoms. The third-order valence-electron chi connectivity index (χ3n) is 3.29. The number of nitrogens with one attached hydrogen (secondary N) is 1. The molecule has 1 aromatic heterocycles. The Morgan fingerprint density at radius 3 is 2.56 bits per heavy atom. The summed E-state index contributed by atoms with van der Waals surface area (Å²) in [5.74, 6) is 0.393. The van der Waals surface area contributed by atoms with Crippen molar-refractivity contribution < 1.29 is 9.53 Å². The highest BCUT2D eigenvalue weighted by Gasteiger charge is 2.11. The first-order chi connectivity index (χ1) is 12.0. The largest absolute Gasteiger partial charge is 0.487 e. The van der Waals surface area contributed by atoms with Crippen molar-refractivity contribution in [1.82, 2.24) is 0 Å². The molecule has 3 aromatic rings. The smallest absolute Gasteiger partial charge is 0.265 e. The average Bonchev–Trinajstić information content (AvgIpc) is 3.07. The molecule has 0 bridgehead atoms. The van der Waals surface area contributed by atoms with Crippen LogP contribution in [0.25, 0.3) is 0 Å². The number of para-hydroxylation sites is 1. The first kappa shape index (κ1) is 18.1. The maximum atomic E-state index is 12.3. The van der Waals surface area contributed by atoms with Crippen LogP contribution in [0.1, 0.15) is 15.2 Å². The van der Waals surface area contributed by atoms with E-state index in [1.165, 1.54) is 11.3 Å². The second kappa shape index (κ2) is 8.11. The van der Waals surface area contributed by atoms with Crippen molar-refractivity contribution in [3.63, 3.8) is 0 Å². The number of rotatable bonds is 5. The fraction of sp³-hybridized carbons (Fsp3) is 0.0556. The van der Waals surface area contributed by atoms with Gasteiger partial charge in [0.15, 0.2) is 0 Å². The monoisotopic (exact) mass is 411 g/mol. The van der Waals surface area contributed by atoms with Crippen molar-refractivity contribution in [2.75, 3.05) is 5.32 Å². The minimum absolute atomic E-state index is 0.215. The summed E-state index contributed by atoms with van der Waals surface area (Å²) in [4.78, 5) is 12.9. The molecule has 0 aliphatic carbocycles. The maximum Gasteiger partial charge on any atom is 0.265 e. The predicted octanol–water partition coefficient (Wildman–Crippen LogP) is 6.54. The number of halogens is 3. The Bertz CT molecular complexity index is 911. The molecule has 128 valence electrons. The fourth-order valence-corrected chi connectivity index (χ4v) is 3.34. The first-order valence-electron chi connectivity index (χ1n) is 7.24. The molecule has 1 N–H and O–H groups in total. The van der Waals surface area contributed by atoms with Gasteiger partial charge in [0.1, 0.15) is 12.4 Å². The van der Waals surface area contributed by atoms with Gasteiger partial charge in [0.2, 0.25) is 0 Å². The van der Waals surface area contributed by atoms with Crippen LogP contribution in [-0.2, 0) is 6.61 Å². The molecule has 3 rings (SSSR count). The summed E-state index contributed by atoms with van der Waals surface area (Å²) in [6.45, 7) is 0.334. The van der Waals surface area contributed by atoms with E-state index >= 15 is 0 Å². The molecule has 0 saturated heterocycles. The lowest BCUT2D eigenvalue weighted by atomic mass is 10.3. The second-order valence-corrected chi connectivity index (χ2v) is 7.25. The molecule has 7 heteroatoms. The molecule has 0 aliphatic heterocycles. The Labute approximate surface area is 164 Å². The summed E-state index contributed by atoms with van der Waals surface area (Å²) in [7, 11) is 0. The van der Waals surface area contributed by atoms with Crippen LogP contribution in [0.15, 0.2) is 53.9 Å². The molecular weight excluding hydrogens is 401 g/mol. The van der Waals surface area contributed by atoms with Crippen LogP contribution in [0.3, 0.4) is 0 Å². The Morgan fingerprint density at radius 2 is 1.80 bits per heavy atom. The molecule has 0 radical (unpaired) electrons. The van der Waals surface area contributed by atoms with E-state index in [0.717, 1.165) is 5.56 Å². The summed E-state index contributed by atoms with van der Waals surface area (Å²) >= 11 is 19.2. The summed E-state index contributed by atoms with van der Waals surface area (Å²) in [5.41, 5.74) is 1.48. The van der Waals surface area contributed by atoms with E-state index in [1.54, 1.807) is 36.4 Å². The quantitative estimate of drug-likeness (QED) is 0.516. The van der Waals surface area contributed by atoms with Crippen LogP contribution in [0.5, 0.6) is 5.75 Å². The van der Waals surface area contributed by atoms with Crippen LogP contribution >= 0.6 is 46.1 Å². The topological polar surface area (TPSA) is 38.3 Å². The molecule has 2 aromatic carbocycles. The molecule has 3 nitrogen and oxygen atoms in total. The van der Waals surface area contributed by atoms with E-state index in [9.17, 15) is 4.79 Å². The third-order valence-corrected chi connectivity index (χ3v) is 5.32. The van der Waals surface area contributed by atoms with Gasteiger partial charge < -0.3 is 10.1 Å².